The van der Waals surface area contributed by atoms with Crippen LogP contribution in [0.1, 0.15) is 0 Å². The predicted molar refractivity (Wildman–Crippen MR) is 47.2 cm³/mol. The van der Waals surface area contributed by atoms with Gasteiger partial charge in [-0.05, 0) is 5.53 Å². The Morgan fingerprint density at radius 1 is 1.67 bits per heavy atom. The zero-order valence-electron chi connectivity index (χ0n) is 7.72. The minimum Gasteiger partial charge on any atom is -0.465 e. The van der Waals surface area contributed by atoms with Crippen molar-refractivity contribution in [2.45, 2.75) is 24.3 Å². The first-order chi connectivity index (χ1) is 7.15. The van der Waals surface area contributed by atoms with Crippen LogP contribution in [0.4, 0.5) is 4.79 Å². The van der Waals surface area contributed by atoms with Crippen LogP contribution >= 0.6 is 0 Å². The van der Waals surface area contributed by atoms with Crippen LogP contribution in [0.15, 0.2) is 5.11 Å². The fourth-order valence-electron chi connectivity index (χ4n) is 2.15. The molecular weight excluding hydrogens is 204 g/mol. The minimum atomic E-state index is -1.13. The van der Waals surface area contributed by atoms with E-state index in [2.05, 4.69) is 10.0 Å². The number of carboxylic acid groups (broad SMARTS) is 1. The normalized spacial score (nSPS) is 38.6. The second-order valence-electron chi connectivity index (χ2n) is 3.56. The van der Waals surface area contributed by atoms with Gasteiger partial charge in [0.2, 0.25) is 0 Å². The Morgan fingerprint density at radius 2 is 2.40 bits per heavy atom. The maximum absolute atomic E-state index is 10.9. The molecule has 82 valence electrons. The van der Waals surface area contributed by atoms with Crippen LogP contribution < -0.4 is 0 Å². The highest BCUT2D eigenvalue weighted by Gasteiger charge is 2.52. The van der Waals surface area contributed by atoms with E-state index in [-0.39, 0.29) is 13.2 Å². The number of likely N-dealkylation sites (tertiary alicyclic amines) is 1. The highest BCUT2D eigenvalue weighted by molar-refractivity contribution is 5.66. The molecule has 0 aromatic rings. The van der Waals surface area contributed by atoms with E-state index in [0.717, 1.165) is 4.90 Å². The van der Waals surface area contributed by atoms with E-state index in [1.165, 1.54) is 0 Å². The molecule has 4 unspecified atom stereocenters. The summed E-state index contributed by atoms with van der Waals surface area (Å²) in [6.45, 7) is 0.155. The summed E-state index contributed by atoms with van der Waals surface area (Å²) in [4.78, 5) is 14.6. The number of rotatable bonds is 1. The van der Waals surface area contributed by atoms with Gasteiger partial charge in [0.25, 0.3) is 0 Å². The summed E-state index contributed by atoms with van der Waals surface area (Å²) in [5, 5.41) is 21.9. The summed E-state index contributed by atoms with van der Waals surface area (Å²) >= 11 is 0. The Balaban J connectivity index is 2.24. The third-order valence-corrected chi connectivity index (χ3v) is 2.76. The zero-order valence-corrected chi connectivity index (χ0v) is 7.72. The molecule has 0 radical (unpaired) electrons. The lowest BCUT2D eigenvalue weighted by molar-refractivity contribution is 0.0740. The van der Waals surface area contributed by atoms with Gasteiger partial charge in [-0.3, -0.25) is 4.90 Å². The van der Waals surface area contributed by atoms with Gasteiger partial charge < -0.3 is 14.9 Å². The van der Waals surface area contributed by atoms with Gasteiger partial charge in [-0.2, -0.15) is 0 Å². The van der Waals surface area contributed by atoms with Crippen molar-refractivity contribution in [3.05, 3.63) is 10.4 Å². The number of carbonyl (C=O) groups is 1. The SMILES string of the molecule is [N-]=[N+]=NC1CN(C(=O)O)C2C(O)COC12. The monoisotopic (exact) mass is 214 g/mol. The van der Waals surface area contributed by atoms with Crippen molar-refractivity contribution in [2.75, 3.05) is 13.2 Å². The average Bonchev–Trinajstić information content (AvgIpc) is 2.70. The number of fused-ring (bicyclic) bond motifs is 1. The van der Waals surface area contributed by atoms with Crippen molar-refractivity contribution in [1.82, 2.24) is 4.90 Å². The molecular formula is C7H10N4O4. The van der Waals surface area contributed by atoms with Gasteiger partial charge in [-0.15, -0.1) is 0 Å². The highest BCUT2D eigenvalue weighted by atomic mass is 16.5. The summed E-state index contributed by atoms with van der Waals surface area (Å²) in [6.07, 6.45) is -2.50. The largest absolute Gasteiger partial charge is 0.465 e. The smallest absolute Gasteiger partial charge is 0.407 e. The molecule has 8 nitrogen and oxygen atoms in total. The van der Waals surface area contributed by atoms with Crippen LogP contribution in [-0.2, 0) is 4.74 Å². The molecule has 2 N–H and O–H groups in total. The molecule has 8 heteroatoms. The number of hydrogen-bond acceptors (Lipinski definition) is 4. The predicted octanol–water partition coefficient (Wildman–Crippen LogP) is -0.213. The second-order valence-corrected chi connectivity index (χ2v) is 3.56. The van der Waals surface area contributed by atoms with Crippen molar-refractivity contribution in [3.63, 3.8) is 0 Å². The molecule has 2 heterocycles. The standard InChI is InChI=1S/C7H10N4O4/c8-10-9-3-1-11(7(13)14)5-4(12)2-15-6(3)5/h3-6,12H,1-2H2,(H,13,14). The third kappa shape index (κ3) is 1.48. The fraction of sp³-hybridized carbons (Fsp3) is 0.857. The number of amides is 1. The molecule has 1 amide bonds. The van der Waals surface area contributed by atoms with Gasteiger partial charge in [0.15, 0.2) is 0 Å². The Morgan fingerprint density at radius 3 is 3.00 bits per heavy atom. The number of aliphatic hydroxyl groups is 1. The average molecular weight is 214 g/mol. The van der Waals surface area contributed by atoms with E-state index in [1.807, 2.05) is 0 Å². The first kappa shape index (κ1) is 10.0. The minimum absolute atomic E-state index is 0.0752. The van der Waals surface area contributed by atoms with Crippen molar-refractivity contribution < 1.29 is 19.7 Å². The molecule has 0 aromatic heterocycles. The summed E-state index contributed by atoms with van der Waals surface area (Å²) in [7, 11) is 0. The molecule has 2 aliphatic rings. The molecule has 0 spiro atoms. The van der Waals surface area contributed by atoms with Crippen molar-refractivity contribution >= 4 is 6.09 Å². The Kier molecular flexibility index (Phi) is 2.39. The first-order valence-corrected chi connectivity index (χ1v) is 4.48. The van der Waals surface area contributed by atoms with Gasteiger partial charge in [0.05, 0.1) is 24.8 Å². The molecule has 15 heavy (non-hydrogen) atoms. The molecule has 2 rings (SSSR count). The van der Waals surface area contributed by atoms with Gasteiger partial charge in [-0.25, -0.2) is 4.79 Å². The first-order valence-electron chi connectivity index (χ1n) is 4.48. The maximum Gasteiger partial charge on any atom is 0.407 e. The number of aliphatic hydroxyl groups excluding tert-OH is 1. The number of ether oxygens (including phenoxy) is 1. The van der Waals surface area contributed by atoms with E-state index in [9.17, 15) is 9.90 Å². The molecule has 0 saturated carbocycles. The topological polar surface area (TPSA) is 119 Å². The molecule has 0 aromatic carbocycles. The van der Waals surface area contributed by atoms with E-state index < -0.39 is 30.4 Å². The van der Waals surface area contributed by atoms with Crippen LogP contribution in [-0.4, -0.2) is 58.6 Å². The van der Waals surface area contributed by atoms with E-state index in [4.69, 9.17) is 15.4 Å². The van der Waals surface area contributed by atoms with Gasteiger partial charge in [-0.1, -0.05) is 5.11 Å². The summed E-state index contributed by atoms with van der Waals surface area (Å²) < 4.78 is 5.21. The number of azide groups is 1. The van der Waals surface area contributed by atoms with Crippen LogP contribution in [0.25, 0.3) is 10.4 Å². The van der Waals surface area contributed by atoms with E-state index in [0.29, 0.717) is 0 Å². The van der Waals surface area contributed by atoms with Crippen LogP contribution in [0.3, 0.4) is 0 Å². The molecule has 2 saturated heterocycles. The lowest BCUT2D eigenvalue weighted by Gasteiger charge is -2.21. The van der Waals surface area contributed by atoms with Crippen molar-refractivity contribution in [1.29, 1.82) is 0 Å². The van der Waals surface area contributed by atoms with Crippen LogP contribution in [0.2, 0.25) is 0 Å². The summed E-state index contributed by atoms with van der Waals surface area (Å²) in [6, 6.07) is -1.16. The van der Waals surface area contributed by atoms with Gasteiger partial charge >= 0.3 is 6.09 Å². The van der Waals surface area contributed by atoms with Crippen molar-refractivity contribution in [3.8, 4) is 0 Å². The maximum atomic E-state index is 10.9. The zero-order chi connectivity index (χ0) is 11.0. The molecule has 2 fully saturated rings. The quantitative estimate of drug-likeness (QED) is 0.356. The highest BCUT2D eigenvalue weighted by Crippen LogP contribution is 2.31. The third-order valence-electron chi connectivity index (χ3n) is 2.76. The number of nitrogens with zero attached hydrogens (tertiary/aromatic N) is 4. The van der Waals surface area contributed by atoms with E-state index >= 15 is 0 Å². The summed E-state index contributed by atoms with van der Waals surface area (Å²) in [5.74, 6) is 0. The van der Waals surface area contributed by atoms with Crippen LogP contribution in [0.5, 0.6) is 0 Å². The fourth-order valence-corrected chi connectivity index (χ4v) is 2.15. The molecule has 4 atom stereocenters. The van der Waals surface area contributed by atoms with E-state index in [1.54, 1.807) is 0 Å². The Bertz CT molecular complexity index is 329. The van der Waals surface area contributed by atoms with Crippen molar-refractivity contribution in [2.24, 2.45) is 5.11 Å². The molecule has 0 aliphatic carbocycles. The summed E-state index contributed by atoms with van der Waals surface area (Å²) in [5.41, 5.74) is 8.31. The van der Waals surface area contributed by atoms with Gasteiger partial charge in [0.1, 0.15) is 6.10 Å². The Hall–Kier alpha value is -1.50. The lowest BCUT2D eigenvalue weighted by Crippen LogP contribution is -2.43. The molecule has 0 bridgehead atoms. The Labute approximate surface area is 84.7 Å². The number of hydrogen-bond donors (Lipinski definition) is 2. The van der Waals surface area contributed by atoms with Gasteiger partial charge in [0, 0.05) is 11.5 Å². The molecule has 2 aliphatic heterocycles. The lowest BCUT2D eigenvalue weighted by atomic mass is 10.1. The van der Waals surface area contributed by atoms with Crippen LogP contribution in [0, 0.1) is 0 Å². The second kappa shape index (κ2) is 3.58.